The second kappa shape index (κ2) is 13.5. The third-order valence-corrected chi connectivity index (χ3v) is 5.82. The zero-order valence-electron chi connectivity index (χ0n) is 20.5. The Kier molecular flexibility index (Phi) is 10.1. The minimum absolute atomic E-state index is 0.568. The summed E-state index contributed by atoms with van der Waals surface area (Å²) in [5, 5.41) is 0. The third-order valence-electron chi connectivity index (χ3n) is 5.30. The van der Waals surface area contributed by atoms with Crippen LogP contribution in [0.5, 0.6) is 28.7 Å². The van der Waals surface area contributed by atoms with Crippen molar-refractivity contribution in [3.8, 4) is 28.7 Å². The molecule has 0 fully saturated rings. The minimum Gasteiger partial charge on any atom is -0.493 e. The van der Waals surface area contributed by atoms with Crippen molar-refractivity contribution < 1.29 is 23.7 Å². The summed E-state index contributed by atoms with van der Waals surface area (Å²) in [5.41, 5.74) is 3.10. The van der Waals surface area contributed by atoms with Crippen LogP contribution in [0, 0.1) is 0 Å². The lowest BCUT2D eigenvalue weighted by Crippen LogP contribution is -1.99. The summed E-state index contributed by atoms with van der Waals surface area (Å²) in [5.74, 6) is 3.22. The largest absolute Gasteiger partial charge is 0.493 e. The maximum absolute atomic E-state index is 6.04. The van der Waals surface area contributed by atoms with E-state index in [4.69, 9.17) is 23.7 Å². The predicted octanol–water partition coefficient (Wildman–Crippen LogP) is 7.53. The molecule has 0 saturated heterocycles. The lowest BCUT2D eigenvalue weighted by atomic mass is 10.1. The smallest absolute Gasteiger partial charge is 0.203 e. The molecule has 35 heavy (non-hydrogen) atoms. The number of allylic oxidation sites excluding steroid dienone is 1. The van der Waals surface area contributed by atoms with Gasteiger partial charge in [0.25, 0.3) is 0 Å². The Hall–Kier alpha value is -3.38. The van der Waals surface area contributed by atoms with Crippen molar-refractivity contribution in [2.45, 2.75) is 12.8 Å². The summed E-state index contributed by atoms with van der Waals surface area (Å²) >= 11 is 3.46. The van der Waals surface area contributed by atoms with E-state index in [-0.39, 0.29) is 0 Å². The quantitative estimate of drug-likeness (QED) is 0.176. The van der Waals surface area contributed by atoms with Gasteiger partial charge in [0.1, 0.15) is 0 Å². The number of unbranched alkanes of at least 4 members (excludes halogenated alkanes) is 1. The minimum atomic E-state index is 0.568. The number of rotatable bonds is 12. The zero-order chi connectivity index (χ0) is 25.0. The number of ether oxygens (including phenoxy) is 5. The lowest BCUT2D eigenvalue weighted by Gasteiger charge is -2.13. The summed E-state index contributed by atoms with van der Waals surface area (Å²) in [4.78, 5) is 0. The summed E-state index contributed by atoms with van der Waals surface area (Å²) < 4.78 is 28.9. The van der Waals surface area contributed by atoms with Crippen molar-refractivity contribution in [2.75, 3.05) is 35.0 Å². The first-order valence-electron chi connectivity index (χ1n) is 11.3. The lowest BCUT2D eigenvalue weighted by molar-refractivity contribution is 0.290. The number of halogens is 1. The zero-order valence-corrected chi connectivity index (χ0v) is 22.1. The van der Waals surface area contributed by atoms with Crippen LogP contribution in [0.1, 0.15) is 29.5 Å². The van der Waals surface area contributed by atoms with Gasteiger partial charge in [0.15, 0.2) is 23.0 Å². The van der Waals surface area contributed by atoms with E-state index in [9.17, 15) is 0 Å². The molecule has 184 valence electrons. The van der Waals surface area contributed by atoms with E-state index in [0.717, 1.165) is 34.2 Å². The molecule has 0 heterocycles. The Bertz CT molecular complexity index is 1130. The van der Waals surface area contributed by atoms with Crippen LogP contribution < -0.4 is 23.7 Å². The molecule has 6 heteroatoms. The fourth-order valence-electron chi connectivity index (χ4n) is 3.48. The maximum Gasteiger partial charge on any atom is 0.203 e. The van der Waals surface area contributed by atoms with Crippen molar-refractivity contribution in [2.24, 2.45) is 0 Å². The normalized spacial score (nSPS) is 11.1. The highest BCUT2D eigenvalue weighted by Crippen LogP contribution is 2.38. The number of hydrogen-bond acceptors (Lipinski definition) is 5. The molecule has 0 amide bonds. The van der Waals surface area contributed by atoms with Gasteiger partial charge >= 0.3 is 0 Å². The highest BCUT2D eigenvalue weighted by atomic mass is 79.9. The number of methoxy groups -OCH3 is 4. The second-order valence-electron chi connectivity index (χ2n) is 7.65. The molecule has 0 unspecified atom stereocenters. The van der Waals surface area contributed by atoms with Gasteiger partial charge in [-0.3, -0.25) is 0 Å². The fraction of sp³-hybridized carbons (Fsp3) is 0.241. The fourth-order valence-corrected chi connectivity index (χ4v) is 3.74. The summed E-state index contributed by atoms with van der Waals surface area (Å²) in [6.45, 7) is 0.598. The van der Waals surface area contributed by atoms with Crippen LogP contribution in [-0.4, -0.2) is 35.0 Å². The molecule has 0 aliphatic heterocycles. The highest BCUT2D eigenvalue weighted by molar-refractivity contribution is 9.10. The van der Waals surface area contributed by atoms with Crippen molar-refractivity contribution in [1.82, 2.24) is 0 Å². The average Bonchev–Trinajstić information content (AvgIpc) is 2.89. The van der Waals surface area contributed by atoms with Gasteiger partial charge in [-0.1, -0.05) is 58.4 Å². The van der Waals surface area contributed by atoms with Crippen LogP contribution in [0.2, 0.25) is 0 Å². The molecular weight excluding hydrogens is 508 g/mol. The Balaban J connectivity index is 1.63. The third kappa shape index (κ3) is 7.55. The topological polar surface area (TPSA) is 46.2 Å². The van der Waals surface area contributed by atoms with E-state index in [1.54, 1.807) is 28.4 Å². The average molecular weight is 539 g/mol. The van der Waals surface area contributed by atoms with Crippen LogP contribution in [0.25, 0.3) is 18.2 Å². The van der Waals surface area contributed by atoms with Gasteiger partial charge in [-0.05, 0) is 65.9 Å². The van der Waals surface area contributed by atoms with Crippen LogP contribution in [0.15, 0.2) is 65.1 Å². The molecule has 0 aromatic heterocycles. The molecule has 0 N–H and O–H groups in total. The van der Waals surface area contributed by atoms with Gasteiger partial charge < -0.3 is 23.7 Å². The first kappa shape index (κ1) is 26.2. The molecule has 3 aromatic carbocycles. The molecule has 0 aliphatic carbocycles. The van der Waals surface area contributed by atoms with Gasteiger partial charge in [-0.2, -0.15) is 0 Å². The van der Waals surface area contributed by atoms with Gasteiger partial charge in [0.05, 0.1) is 35.0 Å². The van der Waals surface area contributed by atoms with E-state index < -0.39 is 0 Å². The Morgan fingerprint density at radius 1 is 0.629 bits per heavy atom. The summed E-state index contributed by atoms with van der Waals surface area (Å²) in [6, 6.07) is 17.9. The second-order valence-corrected chi connectivity index (χ2v) is 8.56. The highest BCUT2D eigenvalue weighted by Gasteiger charge is 2.12. The van der Waals surface area contributed by atoms with Crippen molar-refractivity contribution in [1.29, 1.82) is 0 Å². The van der Waals surface area contributed by atoms with Crippen LogP contribution in [-0.2, 0) is 0 Å². The Morgan fingerprint density at radius 3 is 1.86 bits per heavy atom. The summed E-state index contributed by atoms with van der Waals surface area (Å²) in [7, 11) is 6.45. The number of benzene rings is 3. The predicted molar refractivity (Wildman–Crippen MR) is 146 cm³/mol. The summed E-state index contributed by atoms with van der Waals surface area (Å²) in [6.07, 6.45) is 10.1. The molecule has 3 rings (SSSR count). The molecular formula is C29H31BrO5. The molecule has 0 atom stereocenters. The Morgan fingerprint density at radius 2 is 1.23 bits per heavy atom. The molecule has 0 saturated carbocycles. The molecule has 0 radical (unpaired) electrons. The van der Waals surface area contributed by atoms with Crippen LogP contribution in [0.3, 0.4) is 0 Å². The van der Waals surface area contributed by atoms with Crippen LogP contribution >= 0.6 is 15.9 Å². The molecule has 0 bridgehead atoms. The first-order chi connectivity index (χ1) is 17.1. The van der Waals surface area contributed by atoms with Gasteiger partial charge in [0.2, 0.25) is 5.75 Å². The maximum atomic E-state index is 6.04. The molecule has 5 nitrogen and oxygen atoms in total. The van der Waals surface area contributed by atoms with E-state index in [1.807, 2.05) is 54.6 Å². The monoisotopic (exact) mass is 538 g/mol. The van der Waals surface area contributed by atoms with E-state index in [2.05, 4.69) is 40.2 Å². The van der Waals surface area contributed by atoms with Crippen molar-refractivity contribution in [3.05, 3.63) is 81.8 Å². The molecule has 0 aliphatic rings. The SMILES string of the molecule is COc1ccc(/C=C\c2cc(OC)c(OC)c(OC)c2)cc1OCCC/C=C/c1ccc(Br)cc1. The molecule has 3 aromatic rings. The van der Waals surface area contributed by atoms with Gasteiger partial charge in [0, 0.05) is 4.47 Å². The van der Waals surface area contributed by atoms with Crippen molar-refractivity contribution in [3.63, 3.8) is 0 Å². The van der Waals surface area contributed by atoms with E-state index in [1.165, 1.54) is 5.56 Å². The van der Waals surface area contributed by atoms with Crippen molar-refractivity contribution >= 4 is 34.2 Å². The van der Waals surface area contributed by atoms with E-state index >= 15 is 0 Å². The Labute approximate surface area is 216 Å². The van der Waals surface area contributed by atoms with Gasteiger partial charge in [-0.25, -0.2) is 0 Å². The van der Waals surface area contributed by atoms with Crippen LogP contribution in [0.4, 0.5) is 0 Å². The molecule has 0 spiro atoms. The number of hydrogen-bond donors (Lipinski definition) is 0. The van der Waals surface area contributed by atoms with E-state index in [0.29, 0.717) is 29.6 Å². The standard InChI is InChI=1S/C29H31BrO5/c1-31-25-16-13-22(9-10-23-19-27(32-2)29(34-4)28(20-23)33-3)18-26(25)35-17-7-5-6-8-21-11-14-24(30)15-12-21/h6,8-16,18-20H,5,7,17H2,1-4H3/b8-6+,10-9-. The first-order valence-corrected chi connectivity index (χ1v) is 12.1. The van der Waals surface area contributed by atoms with Gasteiger partial charge in [-0.15, -0.1) is 0 Å².